The number of anilines is 3. The Bertz CT molecular complexity index is 556. The lowest BCUT2D eigenvalue weighted by molar-refractivity contribution is 0.819. The highest BCUT2D eigenvalue weighted by atomic mass is 35.5. The predicted molar refractivity (Wildman–Crippen MR) is 83.0 cm³/mol. The molecule has 0 radical (unpaired) electrons. The fourth-order valence-corrected chi connectivity index (χ4v) is 2.05. The Morgan fingerprint density at radius 2 is 1.95 bits per heavy atom. The van der Waals surface area contributed by atoms with Crippen LogP contribution < -0.4 is 10.6 Å². The molecule has 1 heterocycles. The standard InChI is InChI=1S/C13H15Cl2N5/c1-2-3-7-16-13-19-11(8-17-20-13)18-12-9(14)5-4-6-10(12)15/h4-6,8H,2-3,7H2,1H3,(H2,16,18,19,20). The number of rotatable bonds is 6. The summed E-state index contributed by atoms with van der Waals surface area (Å²) in [6.07, 6.45) is 3.68. The second kappa shape index (κ2) is 7.26. The molecule has 5 nitrogen and oxygen atoms in total. The zero-order chi connectivity index (χ0) is 14.4. The zero-order valence-corrected chi connectivity index (χ0v) is 12.5. The van der Waals surface area contributed by atoms with Crippen LogP contribution >= 0.6 is 23.2 Å². The van der Waals surface area contributed by atoms with E-state index in [2.05, 4.69) is 32.7 Å². The van der Waals surface area contributed by atoms with Gasteiger partial charge in [-0.25, -0.2) is 0 Å². The summed E-state index contributed by atoms with van der Waals surface area (Å²) in [4.78, 5) is 4.31. The Morgan fingerprint density at radius 3 is 2.65 bits per heavy atom. The molecular formula is C13H15Cl2N5. The molecule has 106 valence electrons. The average molecular weight is 312 g/mol. The minimum absolute atomic E-state index is 0.478. The van der Waals surface area contributed by atoms with Gasteiger partial charge < -0.3 is 10.6 Å². The summed E-state index contributed by atoms with van der Waals surface area (Å²) >= 11 is 12.2. The largest absolute Gasteiger partial charge is 0.353 e. The fraction of sp³-hybridized carbons (Fsp3) is 0.308. The van der Waals surface area contributed by atoms with Crippen LogP contribution in [0.3, 0.4) is 0 Å². The first-order valence-corrected chi connectivity index (χ1v) is 7.11. The summed E-state index contributed by atoms with van der Waals surface area (Å²) in [5.74, 6) is 1.01. The van der Waals surface area contributed by atoms with Gasteiger partial charge >= 0.3 is 0 Å². The zero-order valence-electron chi connectivity index (χ0n) is 11.0. The summed E-state index contributed by atoms with van der Waals surface area (Å²) in [7, 11) is 0. The first-order valence-electron chi connectivity index (χ1n) is 6.35. The van der Waals surface area contributed by atoms with Crippen molar-refractivity contribution in [2.24, 2.45) is 0 Å². The maximum atomic E-state index is 6.10. The van der Waals surface area contributed by atoms with Crippen LogP contribution in [0.4, 0.5) is 17.5 Å². The molecule has 0 saturated carbocycles. The lowest BCUT2D eigenvalue weighted by Gasteiger charge is -2.10. The highest BCUT2D eigenvalue weighted by molar-refractivity contribution is 6.39. The predicted octanol–water partition coefficient (Wildman–Crippen LogP) is 4.13. The average Bonchev–Trinajstić information content (AvgIpc) is 2.44. The topological polar surface area (TPSA) is 62.7 Å². The molecule has 0 amide bonds. The lowest BCUT2D eigenvalue weighted by atomic mass is 10.3. The Balaban J connectivity index is 2.11. The number of aromatic nitrogens is 3. The maximum Gasteiger partial charge on any atom is 0.244 e. The van der Waals surface area contributed by atoms with Crippen molar-refractivity contribution in [3.63, 3.8) is 0 Å². The number of unbranched alkanes of at least 4 members (excludes halogenated alkanes) is 1. The van der Waals surface area contributed by atoms with Crippen LogP contribution in [0.25, 0.3) is 0 Å². The van der Waals surface area contributed by atoms with Crippen LogP contribution in [0.1, 0.15) is 19.8 Å². The molecule has 0 unspecified atom stereocenters. The van der Waals surface area contributed by atoms with E-state index in [0.29, 0.717) is 27.5 Å². The molecule has 0 bridgehead atoms. The number of hydrogen-bond acceptors (Lipinski definition) is 5. The Kier molecular flexibility index (Phi) is 5.38. The van der Waals surface area contributed by atoms with E-state index >= 15 is 0 Å². The normalized spacial score (nSPS) is 10.3. The van der Waals surface area contributed by atoms with Gasteiger partial charge in [0.25, 0.3) is 0 Å². The molecule has 2 aromatic rings. The number of halogens is 2. The molecule has 2 rings (SSSR count). The van der Waals surface area contributed by atoms with Gasteiger partial charge in [0.05, 0.1) is 21.9 Å². The van der Waals surface area contributed by atoms with Gasteiger partial charge in [-0.2, -0.15) is 10.1 Å². The van der Waals surface area contributed by atoms with Crippen LogP contribution in [0.2, 0.25) is 10.0 Å². The van der Waals surface area contributed by atoms with E-state index in [4.69, 9.17) is 23.2 Å². The summed E-state index contributed by atoms with van der Waals surface area (Å²) in [5, 5.41) is 15.0. The van der Waals surface area contributed by atoms with E-state index in [-0.39, 0.29) is 0 Å². The molecule has 20 heavy (non-hydrogen) atoms. The molecule has 0 atom stereocenters. The van der Waals surface area contributed by atoms with Crippen molar-refractivity contribution in [1.82, 2.24) is 15.2 Å². The molecule has 0 aliphatic carbocycles. The van der Waals surface area contributed by atoms with Gasteiger partial charge in [-0.15, -0.1) is 5.10 Å². The Labute approximate surface area is 127 Å². The number of para-hydroxylation sites is 1. The summed E-state index contributed by atoms with van der Waals surface area (Å²) in [6.45, 7) is 2.94. The minimum Gasteiger partial charge on any atom is -0.353 e. The van der Waals surface area contributed by atoms with Crippen LogP contribution in [-0.2, 0) is 0 Å². The van der Waals surface area contributed by atoms with E-state index in [9.17, 15) is 0 Å². The molecule has 0 fully saturated rings. The number of nitrogens with one attached hydrogen (secondary N) is 2. The third-order valence-corrected chi connectivity index (χ3v) is 3.22. The number of nitrogens with zero attached hydrogens (tertiary/aromatic N) is 3. The van der Waals surface area contributed by atoms with Crippen LogP contribution in [0.5, 0.6) is 0 Å². The lowest BCUT2D eigenvalue weighted by Crippen LogP contribution is -2.07. The Morgan fingerprint density at radius 1 is 1.20 bits per heavy atom. The molecule has 0 spiro atoms. The van der Waals surface area contributed by atoms with Gasteiger partial charge in [-0.1, -0.05) is 42.6 Å². The number of hydrogen-bond donors (Lipinski definition) is 2. The molecule has 0 aliphatic heterocycles. The van der Waals surface area contributed by atoms with Gasteiger partial charge in [0.15, 0.2) is 5.82 Å². The van der Waals surface area contributed by atoms with Gasteiger partial charge in [-0.05, 0) is 18.6 Å². The van der Waals surface area contributed by atoms with E-state index in [1.165, 1.54) is 6.20 Å². The van der Waals surface area contributed by atoms with Gasteiger partial charge in [0.1, 0.15) is 0 Å². The van der Waals surface area contributed by atoms with Crippen LogP contribution in [0, 0.1) is 0 Å². The van der Waals surface area contributed by atoms with E-state index < -0.39 is 0 Å². The molecule has 0 aliphatic rings. The monoisotopic (exact) mass is 311 g/mol. The van der Waals surface area contributed by atoms with Crippen molar-refractivity contribution in [3.8, 4) is 0 Å². The second-order valence-corrected chi connectivity index (χ2v) is 4.98. The van der Waals surface area contributed by atoms with E-state index in [1.807, 2.05) is 0 Å². The third-order valence-electron chi connectivity index (χ3n) is 2.59. The molecule has 1 aromatic heterocycles. The molecule has 0 saturated heterocycles. The van der Waals surface area contributed by atoms with Crippen molar-refractivity contribution >= 4 is 40.7 Å². The molecule has 2 N–H and O–H groups in total. The highest BCUT2D eigenvalue weighted by Gasteiger charge is 2.07. The molecular weight excluding hydrogens is 297 g/mol. The quantitative estimate of drug-likeness (QED) is 0.785. The molecule has 7 heteroatoms. The van der Waals surface area contributed by atoms with Crippen molar-refractivity contribution in [2.45, 2.75) is 19.8 Å². The summed E-state index contributed by atoms with van der Waals surface area (Å²) in [5.41, 5.74) is 0.607. The fourth-order valence-electron chi connectivity index (χ4n) is 1.56. The SMILES string of the molecule is CCCCNc1nncc(Nc2c(Cl)cccc2Cl)n1. The van der Waals surface area contributed by atoms with E-state index in [1.54, 1.807) is 18.2 Å². The smallest absolute Gasteiger partial charge is 0.244 e. The third kappa shape index (κ3) is 3.95. The Hall–Kier alpha value is -1.59. The van der Waals surface area contributed by atoms with Crippen molar-refractivity contribution in [1.29, 1.82) is 0 Å². The van der Waals surface area contributed by atoms with Gasteiger partial charge in [0.2, 0.25) is 5.95 Å². The number of benzene rings is 1. The summed E-state index contributed by atoms with van der Waals surface area (Å²) in [6, 6.07) is 5.29. The maximum absolute atomic E-state index is 6.10. The first kappa shape index (κ1) is 14.8. The van der Waals surface area contributed by atoms with Crippen molar-refractivity contribution < 1.29 is 0 Å². The minimum atomic E-state index is 0.478. The van der Waals surface area contributed by atoms with E-state index in [0.717, 1.165) is 19.4 Å². The highest BCUT2D eigenvalue weighted by Crippen LogP contribution is 2.31. The van der Waals surface area contributed by atoms with Gasteiger partial charge in [-0.3, -0.25) is 0 Å². The van der Waals surface area contributed by atoms with Crippen LogP contribution in [-0.4, -0.2) is 21.7 Å². The second-order valence-electron chi connectivity index (χ2n) is 4.17. The van der Waals surface area contributed by atoms with Gasteiger partial charge in [0, 0.05) is 6.54 Å². The summed E-state index contributed by atoms with van der Waals surface area (Å²) < 4.78 is 0. The first-order chi connectivity index (χ1) is 9.70. The van der Waals surface area contributed by atoms with Crippen molar-refractivity contribution in [2.75, 3.05) is 17.2 Å². The van der Waals surface area contributed by atoms with Crippen molar-refractivity contribution in [3.05, 3.63) is 34.4 Å². The molecule has 1 aromatic carbocycles. The van der Waals surface area contributed by atoms with Crippen LogP contribution in [0.15, 0.2) is 24.4 Å².